The van der Waals surface area contributed by atoms with Gasteiger partial charge in [-0.05, 0) is 6.42 Å². The van der Waals surface area contributed by atoms with Crippen molar-refractivity contribution in [2.24, 2.45) is 0 Å². The first-order chi connectivity index (χ1) is 8.79. The normalized spacial score (nSPS) is 20.2. The topological polar surface area (TPSA) is 78.9 Å². The Morgan fingerprint density at radius 2 is 2.11 bits per heavy atom. The summed E-state index contributed by atoms with van der Waals surface area (Å²) in [7, 11) is 0. The van der Waals surface area contributed by atoms with Crippen LogP contribution in [0.5, 0.6) is 0 Å². The van der Waals surface area contributed by atoms with Gasteiger partial charge in [0.05, 0.1) is 13.2 Å². The molecule has 1 aliphatic heterocycles. The highest BCUT2D eigenvalue weighted by Gasteiger charge is 2.29. The van der Waals surface area contributed by atoms with Crippen LogP contribution in [0.15, 0.2) is 0 Å². The Balaban J connectivity index is 2.27. The summed E-state index contributed by atoms with van der Waals surface area (Å²) >= 11 is 0. The molecule has 0 aromatic rings. The van der Waals surface area contributed by atoms with Crippen LogP contribution in [0, 0.1) is 0 Å². The van der Waals surface area contributed by atoms with Crippen molar-refractivity contribution in [3.8, 4) is 0 Å². The van der Waals surface area contributed by atoms with E-state index in [0.717, 1.165) is 0 Å². The van der Waals surface area contributed by atoms with E-state index in [2.05, 4.69) is 5.32 Å². The van der Waals surface area contributed by atoms with Crippen LogP contribution in [-0.2, 0) is 9.53 Å². The van der Waals surface area contributed by atoms with Crippen LogP contribution in [0.1, 0.15) is 12.8 Å². The molecule has 9 heteroatoms. The van der Waals surface area contributed by atoms with Crippen LogP contribution < -0.4 is 5.32 Å². The fourth-order valence-electron chi connectivity index (χ4n) is 1.58. The number of alkyl halides is 3. The van der Waals surface area contributed by atoms with Crippen LogP contribution >= 0.6 is 0 Å². The molecule has 2 N–H and O–H groups in total. The lowest BCUT2D eigenvalue weighted by Gasteiger charge is -2.30. The van der Waals surface area contributed by atoms with E-state index in [9.17, 15) is 22.8 Å². The Morgan fingerprint density at radius 3 is 2.68 bits per heavy atom. The lowest BCUT2D eigenvalue weighted by Crippen LogP contribution is -2.51. The maximum atomic E-state index is 11.9. The number of aliphatic carboxylic acids is 1. The van der Waals surface area contributed by atoms with Gasteiger partial charge in [-0.25, -0.2) is 9.59 Å². The number of carbonyl (C=O) groups is 2. The quantitative estimate of drug-likeness (QED) is 0.749. The number of ether oxygens (including phenoxy) is 1. The third-order valence-electron chi connectivity index (χ3n) is 2.54. The monoisotopic (exact) mass is 284 g/mol. The van der Waals surface area contributed by atoms with E-state index in [-0.39, 0.29) is 32.7 Å². The van der Waals surface area contributed by atoms with E-state index in [1.54, 1.807) is 0 Å². The highest BCUT2D eigenvalue weighted by Crippen LogP contribution is 2.20. The summed E-state index contributed by atoms with van der Waals surface area (Å²) in [6.07, 6.45) is -6.50. The van der Waals surface area contributed by atoms with Crippen molar-refractivity contribution in [1.82, 2.24) is 10.2 Å². The zero-order valence-corrected chi connectivity index (χ0v) is 10.1. The van der Waals surface area contributed by atoms with Gasteiger partial charge < -0.3 is 20.1 Å². The van der Waals surface area contributed by atoms with Crippen molar-refractivity contribution >= 4 is 12.0 Å². The van der Waals surface area contributed by atoms with Crippen molar-refractivity contribution < 1.29 is 32.6 Å². The van der Waals surface area contributed by atoms with Gasteiger partial charge in [-0.3, -0.25) is 0 Å². The molecule has 1 fully saturated rings. The maximum Gasteiger partial charge on any atom is 0.389 e. The van der Waals surface area contributed by atoms with Crippen LogP contribution in [0.4, 0.5) is 18.0 Å². The number of carboxylic acid groups (broad SMARTS) is 1. The second kappa shape index (κ2) is 6.60. The average molecular weight is 284 g/mol. The van der Waals surface area contributed by atoms with Gasteiger partial charge in [0, 0.05) is 19.5 Å². The number of urea groups is 1. The maximum absolute atomic E-state index is 11.9. The van der Waals surface area contributed by atoms with Gasteiger partial charge >= 0.3 is 18.2 Å². The first kappa shape index (κ1) is 15.5. The summed E-state index contributed by atoms with van der Waals surface area (Å²) in [6.45, 7) is 0.0930. The second-order valence-electron chi connectivity index (χ2n) is 4.09. The number of hydrogen-bond donors (Lipinski definition) is 2. The lowest BCUT2D eigenvalue weighted by atomic mass is 10.3. The highest BCUT2D eigenvalue weighted by atomic mass is 19.4. The zero-order valence-electron chi connectivity index (χ0n) is 10.1. The molecule has 1 saturated heterocycles. The molecule has 0 aliphatic carbocycles. The molecule has 1 aliphatic rings. The predicted molar refractivity (Wildman–Crippen MR) is 57.6 cm³/mol. The number of hydrogen-bond acceptors (Lipinski definition) is 3. The Kier molecular flexibility index (Phi) is 5.40. The van der Waals surface area contributed by atoms with Crippen LogP contribution in [0.2, 0.25) is 0 Å². The summed E-state index contributed by atoms with van der Waals surface area (Å²) in [6, 6.07) is -0.572. The molecule has 2 amide bonds. The van der Waals surface area contributed by atoms with E-state index >= 15 is 0 Å². The highest BCUT2D eigenvalue weighted by molar-refractivity contribution is 5.77. The predicted octanol–water partition coefficient (Wildman–Crippen LogP) is 0.824. The Labute approximate surface area is 107 Å². The van der Waals surface area contributed by atoms with Gasteiger partial charge in [0.15, 0.2) is 6.10 Å². The van der Waals surface area contributed by atoms with E-state index in [4.69, 9.17) is 9.84 Å². The van der Waals surface area contributed by atoms with Crippen molar-refractivity contribution in [2.45, 2.75) is 25.1 Å². The molecule has 1 atom stereocenters. The van der Waals surface area contributed by atoms with Gasteiger partial charge in [-0.15, -0.1) is 0 Å². The van der Waals surface area contributed by atoms with Crippen LogP contribution in [0.25, 0.3) is 0 Å². The lowest BCUT2D eigenvalue weighted by molar-refractivity contribution is -0.154. The minimum atomic E-state index is -4.24. The number of carbonyl (C=O) groups excluding carboxylic acids is 1. The molecule has 19 heavy (non-hydrogen) atoms. The minimum Gasteiger partial charge on any atom is -0.479 e. The first-order valence-corrected chi connectivity index (χ1v) is 5.73. The van der Waals surface area contributed by atoms with Crippen LogP contribution in [-0.4, -0.2) is 60.5 Å². The van der Waals surface area contributed by atoms with Gasteiger partial charge in [0.1, 0.15) is 0 Å². The molecule has 0 aromatic carbocycles. The number of nitrogens with one attached hydrogen (secondary N) is 1. The number of halogens is 3. The van der Waals surface area contributed by atoms with Gasteiger partial charge in [-0.1, -0.05) is 0 Å². The van der Waals surface area contributed by atoms with Crippen molar-refractivity contribution in [3.05, 3.63) is 0 Å². The van der Waals surface area contributed by atoms with E-state index in [0.29, 0.717) is 0 Å². The average Bonchev–Trinajstić information content (AvgIpc) is 2.33. The number of rotatable bonds is 4. The molecule has 0 bridgehead atoms. The summed E-state index contributed by atoms with van der Waals surface area (Å²) in [5.41, 5.74) is 0. The Hall–Kier alpha value is -1.51. The van der Waals surface area contributed by atoms with Crippen molar-refractivity contribution in [2.75, 3.05) is 26.2 Å². The molecular formula is C10H15F3N2O4. The summed E-state index contributed by atoms with van der Waals surface area (Å²) in [4.78, 5) is 23.5. The fraction of sp³-hybridized carbons (Fsp3) is 0.800. The number of nitrogens with zero attached hydrogens (tertiary/aromatic N) is 1. The summed E-state index contributed by atoms with van der Waals surface area (Å²) in [5.74, 6) is -1.17. The Bertz CT molecular complexity index is 335. The van der Waals surface area contributed by atoms with E-state index in [1.807, 2.05) is 0 Å². The standard InChI is InChI=1S/C10H15F3N2O4/c11-10(12,13)2-1-3-14-9(18)15-4-5-19-7(6-15)8(16)17/h7H,1-6H2,(H,14,18)(H,16,17). The molecule has 0 aromatic heterocycles. The number of carboxylic acids is 1. The minimum absolute atomic E-state index is 0.0902. The summed E-state index contributed by atoms with van der Waals surface area (Å²) < 4.78 is 40.5. The van der Waals surface area contributed by atoms with Crippen LogP contribution in [0.3, 0.4) is 0 Å². The molecule has 110 valence electrons. The molecule has 0 saturated carbocycles. The molecular weight excluding hydrogens is 269 g/mol. The number of amides is 2. The molecule has 1 rings (SSSR count). The fourth-order valence-corrected chi connectivity index (χ4v) is 1.58. The second-order valence-corrected chi connectivity index (χ2v) is 4.09. The third-order valence-corrected chi connectivity index (χ3v) is 2.54. The molecule has 1 heterocycles. The molecule has 0 spiro atoms. The zero-order chi connectivity index (χ0) is 14.5. The molecule has 1 unspecified atom stereocenters. The van der Waals surface area contributed by atoms with Gasteiger partial charge in [0.25, 0.3) is 0 Å². The van der Waals surface area contributed by atoms with E-state index in [1.165, 1.54) is 4.90 Å². The molecule has 0 radical (unpaired) electrons. The third kappa shape index (κ3) is 5.77. The first-order valence-electron chi connectivity index (χ1n) is 5.73. The SMILES string of the molecule is O=C(O)C1CN(C(=O)NCCCC(F)(F)F)CCO1. The number of morpholine rings is 1. The van der Waals surface area contributed by atoms with Crippen molar-refractivity contribution in [3.63, 3.8) is 0 Å². The van der Waals surface area contributed by atoms with Gasteiger partial charge in [-0.2, -0.15) is 13.2 Å². The summed E-state index contributed by atoms with van der Waals surface area (Å²) in [5, 5.41) is 11.1. The van der Waals surface area contributed by atoms with Gasteiger partial charge in [0.2, 0.25) is 0 Å². The largest absolute Gasteiger partial charge is 0.479 e. The molecule has 6 nitrogen and oxygen atoms in total. The Morgan fingerprint density at radius 1 is 1.42 bits per heavy atom. The van der Waals surface area contributed by atoms with E-state index < -0.39 is 30.7 Å². The van der Waals surface area contributed by atoms with Crippen molar-refractivity contribution in [1.29, 1.82) is 0 Å². The smallest absolute Gasteiger partial charge is 0.389 e.